The van der Waals surface area contributed by atoms with Gasteiger partial charge in [0, 0.05) is 0 Å². The van der Waals surface area contributed by atoms with Gasteiger partial charge >= 0.3 is 0 Å². The van der Waals surface area contributed by atoms with Gasteiger partial charge in [0.25, 0.3) is 5.91 Å². The molecule has 2 aromatic rings. The summed E-state index contributed by atoms with van der Waals surface area (Å²) in [6, 6.07) is 5.78. The molecular formula is C11H11FN4O. The van der Waals surface area contributed by atoms with E-state index < -0.39 is 0 Å². The van der Waals surface area contributed by atoms with Crippen molar-refractivity contribution in [2.24, 2.45) is 0 Å². The third-order valence-corrected chi connectivity index (χ3v) is 2.33. The highest BCUT2D eigenvalue weighted by Gasteiger charge is 2.13. The summed E-state index contributed by atoms with van der Waals surface area (Å²) in [7, 11) is 0. The van der Waals surface area contributed by atoms with Crippen molar-refractivity contribution in [3.63, 3.8) is 0 Å². The Labute approximate surface area is 97.1 Å². The lowest BCUT2D eigenvalue weighted by Gasteiger charge is -2.13. The van der Waals surface area contributed by atoms with Gasteiger partial charge in [0.05, 0.1) is 6.04 Å². The zero-order valence-electron chi connectivity index (χ0n) is 9.14. The van der Waals surface area contributed by atoms with Crippen LogP contribution in [0.3, 0.4) is 0 Å². The molecule has 2 rings (SSSR count). The molecule has 0 aliphatic rings. The summed E-state index contributed by atoms with van der Waals surface area (Å²) in [5.41, 5.74) is 0.692. The van der Waals surface area contributed by atoms with E-state index in [2.05, 4.69) is 20.5 Å². The molecule has 1 unspecified atom stereocenters. The van der Waals surface area contributed by atoms with Gasteiger partial charge in [-0.1, -0.05) is 12.1 Å². The SMILES string of the molecule is CC(NC(=O)c1ncn[nH]1)c1cccc(F)c1. The Kier molecular flexibility index (Phi) is 3.13. The van der Waals surface area contributed by atoms with E-state index in [-0.39, 0.29) is 23.6 Å². The number of carbonyl (C=O) groups is 1. The van der Waals surface area contributed by atoms with E-state index in [1.54, 1.807) is 19.1 Å². The molecule has 0 saturated heterocycles. The Morgan fingerprint density at radius 1 is 1.53 bits per heavy atom. The van der Waals surface area contributed by atoms with Crippen LogP contribution in [0.4, 0.5) is 4.39 Å². The summed E-state index contributed by atoms with van der Waals surface area (Å²) in [4.78, 5) is 15.4. The Morgan fingerprint density at radius 3 is 3.00 bits per heavy atom. The fraction of sp³-hybridized carbons (Fsp3) is 0.182. The van der Waals surface area contributed by atoms with Gasteiger partial charge in [-0.2, -0.15) is 5.10 Å². The summed E-state index contributed by atoms with van der Waals surface area (Å²) >= 11 is 0. The molecule has 0 bridgehead atoms. The molecule has 6 heteroatoms. The fourth-order valence-electron chi connectivity index (χ4n) is 1.44. The van der Waals surface area contributed by atoms with Gasteiger partial charge in [-0.05, 0) is 24.6 Å². The molecule has 5 nitrogen and oxygen atoms in total. The maximum absolute atomic E-state index is 13.0. The minimum atomic E-state index is -0.376. The first-order valence-electron chi connectivity index (χ1n) is 5.08. The molecule has 0 spiro atoms. The maximum Gasteiger partial charge on any atom is 0.289 e. The molecule has 1 aromatic carbocycles. The van der Waals surface area contributed by atoms with Gasteiger partial charge in [0.2, 0.25) is 5.82 Å². The smallest absolute Gasteiger partial charge is 0.289 e. The van der Waals surface area contributed by atoms with Crippen molar-refractivity contribution in [3.8, 4) is 0 Å². The highest BCUT2D eigenvalue weighted by Crippen LogP contribution is 2.13. The largest absolute Gasteiger partial charge is 0.343 e. The van der Waals surface area contributed by atoms with Crippen LogP contribution in [-0.4, -0.2) is 21.1 Å². The van der Waals surface area contributed by atoms with Crippen LogP contribution in [0.1, 0.15) is 29.1 Å². The number of amides is 1. The zero-order chi connectivity index (χ0) is 12.3. The average molecular weight is 234 g/mol. The summed E-state index contributed by atoms with van der Waals surface area (Å²) < 4.78 is 13.0. The Morgan fingerprint density at radius 2 is 2.35 bits per heavy atom. The Balaban J connectivity index is 2.07. The molecule has 88 valence electrons. The predicted octanol–water partition coefficient (Wildman–Crippen LogP) is 1.43. The van der Waals surface area contributed by atoms with E-state index in [9.17, 15) is 9.18 Å². The quantitative estimate of drug-likeness (QED) is 0.844. The van der Waals surface area contributed by atoms with Crippen molar-refractivity contribution in [1.82, 2.24) is 20.5 Å². The second-order valence-corrected chi connectivity index (χ2v) is 3.58. The summed E-state index contributed by atoms with van der Waals surface area (Å²) in [5.74, 6) is -0.573. The third kappa shape index (κ3) is 2.66. The van der Waals surface area contributed by atoms with E-state index in [4.69, 9.17) is 0 Å². The number of nitrogens with one attached hydrogen (secondary N) is 2. The molecule has 2 N–H and O–H groups in total. The normalized spacial score (nSPS) is 12.1. The second kappa shape index (κ2) is 4.73. The van der Waals surface area contributed by atoms with Gasteiger partial charge in [-0.25, -0.2) is 9.37 Å². The summed E-state index contributed by atoms with van der Waals surface area (Å²) in [5, 5.41) is 8.72. The number of nitrogens with zero attached hydrogens (tertiary/aromatic N) is 2. The summed E-state index contributed by atoms with van der Waals surface area (Å²) in [6.45, 7) is 1.77. The number of aromatic amines is 1. The molecule has 0 fully saturated rings. The van der Waals surface area contributed by atoms with Crippen LogP contribution >= 0.6 is 0 Å². The molecule has 0 saturated carbocycles. The number of H-pyrrole nitrogens is 1. The van der Waals surface area contributed by atoms with E-state index in [0.29, 0.717) is 5.56 Å². The number of halogens is 1. The van der Waals surface area contributed by atoms with Crippen LogP contribution in [0.25, 0.3) is 0 Å². The molecule has 1 atom stereocenters. The Bertz CT molecular complexity index is 512. The fourth-order valence-corrected chi connectivity index (χ4v) is 1.44. The van der Waals surface area contributed by atoms with E-state index >= 15 is 0 Å². The number of aromatic nitrogens is 3. The highest BCUT2D eigenvalue weighted by atomic mass is 19.1. The lowest BCUT2D eigenvalue weighted by molar-refractivity contribution is 0.0929. The molecule has 1 aromatic heterocycles. The van der Waals surface area contributed by atoms with Gasteiger partial charge in [-0.3, -0.25) is 9.89 Å². The van der Waals surface area contributed by atoms with E-state index in [0.717, 1.165) is 0 Å². The second-order valence-electron chi connectivity index (χ2n) is 3.58. The van der Waals surface area contributed by atoms with Crippen LogP contribution in [0.2, 0.25) is 0 Å². The van der Waals surface area contributed by atoms with E-state index in [1.807, 2.05) is 0 Å². The minimum Gasteiger partial charge on any atom is -0.343 e. The van der Waals surface area contributed by atoms with Crippen molar-refractivity contribution >= 4 is 5.91 Å². The molecule has 0 aliphatic heterocycles. The third-order valence-electron chi connectivity index (χ3n) is 2.33. The average Bonchev–Trinajstić information content (AvgIpc) is 2.82. The molecule has 1 heterocycles. The lowest BCUT2D eigenvalue weighted by Crippen LogP contribution is -2.27. The molecule has 0 radical (unpaired) electrons. The lowest BCUT2D eigenvalue weighted by atomic mass is 10.1. The molecule has 0 aliphatic carbocycles. The predicted molar refractivity (Wildman–Crippen MR) is 58.7 cm³/mol. The number of hydrogen-bond donors (Lipinski definition) is 2. The Hall–Kier alpha value is -2.24. The highest BCUT2D eigenvalue weighted by molar-refractivity contribution is 5.90. The van der Waals surface area contributed by atoms with Crippen molar-refractivity contribution in [2.75, 3.05) is 0 Å². The number of carbonyl (C=O) groups excluding carboxylic acids is 1. The maximum atomic E-state index is 13.0. The van der Waals surface area contributed by atoms with Crippen molar-refractivity contribution in [2.45, 2.75) is 13.0 Å². The monoisotopic (exact) mass is 234 g/mol. The molecular weight excluding hydrogens is 223 g/mol. The van der Waals surface area contributed by atoms with Crippen LogP contribution in [0.5, 0.6) is 0 Å². The van der Waals surface area contributed by atoms with Crippen LogP contribution in [0, 0.1) is 5.82 Å². The first kappa shape index (κ1) is 11.3. The van der Waals surface area contributed by atoms with Gasteiger partial charge in [0.1, 0.15) is 12.1 Å². The van der Waals surface area contributed by atoms with Crippen LogP contribution in [0.15, 0.2) is 30.6 Å². The standard InChI is InChI=1S/C11H11FN4O/c1-7(8-3-2-4-9(12)5-8)15-11(17)10-13-6-14-16-10/h2-7H,1H3,(H,15,17)(H,13,14,16). The number of hydrogen-bond acceptors (Lipinski definition) is 3. The van der Waals surface area contributed by atoms with Crippen molar-refractivity contribution in [3.05, 3.63) is 47.8 Å². The van der Waals surface area contributed by atoms with Crippen molar-refractivity contribution < 1.29 is 9.18 Å². The van der Waals surface area contributed by atoms with Gasteiger partial charge in [0.15, 0.2) is 0 Å². The van der Waals surface area contributed by atoms with Crippen LogP contribution < -0.4 is 5.32 Å². The van der Waals surface area contributed by atoms with E-state index in [1.165, 1.54) is 18.5 Å². The van der Waals surface area contributed by atoms with Gasteiger partial charge in [-0.15, -0.1) is 0 Å². The minimum absolute atomic E-state index is 0.133. The molecule has 17 heavy (non-hydrogen) atoms. The first-order valence-corrected chi connectivity index (χ1v) is 5.08. The summed E-state index contributed by atoms with van der Waals surface area (Å²) in [6.07, 6.45) is 1.25. The zero-order valence-corrected chi connectivity index (χ0v) is 9.14. The number of rotatable bonds is 3. The van der Waals surface area contributed by atoms with Gasteiger partial charge < -0.3 is 5.32 Å². The van der Waals surface area contributed by atoms with Crippen molar-refractivity contribution in [1.29, 1.82) is 0 Å². The first-order chi connectivity index (χ1) is 8.16. The number of benzene rings is 1. The molecule has 1 amide bonds. The topological polar surface area (TPSA) is 70.7 Å². The van der Waals surface area contributed by atoms with Crippen LogP contribution in [-0.2, 0) is 0 Å².